The van der Waals surface area contributed by atoms with E-state index in [1.807, 2.05) is 84.9 Å². The summed E-state index contributed by atoms with van der Waals surface area (Å²) in [6.45, 7) is 0. The lowest BCUT2D eigenvalue weighted by molar-refractivity contribution is 0.429. The van der Waals surface area contributed by atoms with Gasteiger partial charge in [-0.1, -0.05) is 69.6 Å². The second-order valence-electron chi connectivity index (χ2n) is 5.73. The van der Waals surface area contributed by atoms with Crippen LogP contribution >= 0.6 is 15.9 Å². The first-order chi connectivity index (χ1) is 13.3. The van der Waals surface area contributed by atoms with Gasteiger partial charge in [0.05, 0.1) is 5.69 Å². The highest BCUT2D eigenvalue weighted by molar-refractivity contribution is 9.10. The summed E-state index contributed by atoms with van der Waals surface area (Å²) in [5, 5.41) is 8.67. The number of hydrogen-bond donors (Lipinski definition) is 1. The Kier molecular flexibility index (Phi) is 5.07. The van der Waals surface area contributed by atoms with Crippen molar-refractivity contribution in [2.24, 2.45) is 5.10 Å². The van der Waals surface area contributed by atoms with Crippen molar-refractivity contribution in [1.82, 2.24) is 10.1 Å². The number of aromatic nitrogens is 2. The maximum Gasteiger partial charge on any atom is 0.258 e. The summed E-state index contributed by atoms with van der Waals surface area (Å²) in [5.41, 5.74) is 6.28. The SMILES string of the molecule is Brc1ccc(-c2nc(/C(=N/Nc3ccccc3)c3ccccc3)no2)cc1. The fourth-order valence-corrected chi connectivity index (χ4v) is 2.77. The fraction of sp³-hybridized carbons (Fsp3) is 0. The standard InChI is InChI=1S/C21H15BrN4O/c22-17-13-11-16(12-14-17)21-23-20(26-27-21)19(15-7-3-1-4-8-15)25-24-18-9-5-2-6-10-18/h1-14,24H/b25-19+. The summed E-state index contributed by atoms with van der Waals surface area (Å²) in [5.74, 6) is 0.864. The molecule has 27 heavy (non-hydrogen) atoms. The fourth-order valence-electron chi connectivity index (χ4n) is 2.50. The first-order valence-electron chi connectivity index (χ1n) is 8.34. The van der Waals surface area contributed by atoms with Gasteiger partial charge in [-0.05, 0) is 36.4 Å². The molecule has 0 spiro atoms. The van der Waals surface area contributed by atoms with Crippen molar-refractivity contribution in [3.63, 3.8) is 0 Å². The van der Waals surface area contributed by atoms with Crippen LogP contribution in [0.2, 0.25) is 0 Å². The van der Waals surface area contributed by atoms with E-state index in [0.717, 1.165) is 21.3 Å². The van der Waals surface area contributed by atoms with Gasteiger partial charge in [-0.2, -0.15) is 10.1 Å². The molecule has 0 aliphatic carbocycles. The van der Waals surface area contributed by atoms with Crippen molar-refractivity contribution >= 4 is 27.3 Å². The van der Waals surface area contributed by atoms with E-state index in [9.17, 15) is 0 Å². The van der Waals surface area contributed by atoms with E-state index in [0.29, 0.717) is 17.4 Å². The van der Waals surface area contributed by atoms with Crippen LogP contribution in [0.4, 0.5) is 5.69 Å². The average molecular weight is 419 g/mol. The quantitative estimate of drug-likeness (QED) is 0.349. The highest BCUT2D eigenvalue weighted by Crippen LogP contribution is 2.21. The Bertz CT molecular complexity index is 1040. The Morgan fingerprint density at radius 3 is 2.22 bits per heavy atom. The highest BCUT2D eigenvalue weighted by atomic mass is 79.9. The Hall–Kier alpha value is -3.25. The maximum atomic E-state index is 5.46. The molecule has 0 fully saturated rings. The average Bonchev–Trinajstić information content (AvgIpc) is 3.20. The number of rotatable bonds is 5. The van der Waals surface area contributed by atoms with Gasteiger partial charge in [0.25, 0.3) is 5.89 Å². The largest absolute Gasteiger partial charge is 0.334 e. The van der Waals surface area contributed by atoms with E-state index in [2.05, 4.69) is 36.6 Å². The van der Waals surface area contributed by atoms with Crippen molar-refractivity contribution in [3.8, 4) is 11.5 Å². The van der Waals surface area contributed by atoms with Gasteiger partial charge in [0.15, 0.2) is 0 Å². The molecule has 0 atom stereocenters. The second kappa shape index (κ2) is 7.97. The van der Waals surface area contributed by atoms with Gasteiger partial charge in [-0.3, -0.25) is 5.43 Å². The number of hydrogen-bond acceptors (Lipinski definition) is 5. The van der Waals surface area contributed by atoms with E-state index >= 15 is 0 Å². The van der Waals surface area contributed by atoms with Crippen LogP contribution in [-0.4, -0.2) is 15.9 Å². The molecule has 3 aromatic carbocycles. The van der Waals surface area contributed by atoms with Crippen LogP contribution in [0.15, 0.2) is 99.0 Å². The zero-order valence-corrected chi connectivity index (χ0v) is 15.8. The van der Waals surface area contributed by atoms with Gasteiger partial charge in [-0.15, -0.1) is 0 Å². The lowest BCUT2D eigenvalue weighted by Gasteiger charge is -2.04. The molecule has 0 radical (unpaired) electrons. The summed E-state index contributed by atoms with van der Waals surface area (Å²) in [4.78, 5) is 4.54. The molecule has 5 nitrogen and oxygen atoms in total. The molecular weight excluding hydrogens is 404 g/mol. The maximum absolute atomic E-state index is 5.46. The zero-order chi connectivity index (χ0) is 18.5. The third-order valence-electron chi connectivity index (χ3n) is 3.85. The third-order valence-corrected chi connectivity index (χ3v) is 4.38. The van der Waals surface area contributed by atoms with Crippen LogP contribution in [0.1, 0.15) is 11.4 Å². The summed E-state index contributed by atoms with van der Waals surface area (Å²) in [7, 11) is 0. The van der Waals surface area contributed by atoms with Crippen LogP contribution in [-0.2, 0) is 0 Å². The van der Waals surface area contributed by atoms with E-state index in [1.165, 1.54) is 0 Å². The number of halogens is 1. The molecule has 6 heteroatoms. The minimum atomic E-state index is 0.419. The van der Waals surface area contributed by atoms with Crippen LogP contribution in [0.3, 0.4) is 0 Å². The van der Waals surface area contributed by atoms with Crippen LogP contribution < -0.4 is 5.43 Å². The molecule has 0 saturated carbocycles. The predicted octanol–water partition coefficient (Wildman–Crippen LogP) is 5.36. The lowest BCUT2D eigenvalue weighted by Crippen LogP contribution is -2.08. The van der Waals surface area contributed by atoms with E-state index < -0.39 is 0 Å². The summed E-state index contributed by atoms with van der Waals surface area (Å²) in [6, 6.07) is 27.2. The monoisotopic (exact) mass is 418 g/mol. The van der Waals surface area contributed by atoms with Gasteiger partial charge in [0.1, 0.15) is 5.71 Å². The van der Waals surface area contributed by atoms with E-state index in [-0.39, 0.29) is 0 Å². The van der Waals surface area contributed by atoms with Crippen molar-refractivity contribution in [3.05, 3.63) is 101 Å². The molecule has 0 amide bonds. The molecule has 132 valence electrons. The molecule has 0 saturated heterocycles. The Morgan fingerprint density at radius 1 is 0.852 bits per heavy atom. The third kappa shape index (κ3) is 4.12. The molecule has 1 aromatic heterocycles. The Labute approximate surface area is 164 Å². The molecule has 4 rings (SSSR count). The number of benzene rings is 3. The summed E-state index contributed by atoms with van der Waals surface area (Å²) < 4.78 is 6.45. The van der Waals surface area contributed by atoms with Crippen molar-refractivity contribution in [2.45, 2.75) is 0 Å². The van der Waals surface area contributed by atoms with Crippen molar-refractivity contribution < 1.29 is 4.52 Å². The van der Waals surface area contributed by atoms with Crippen LogP contribution in [0.25, 0.3) is 11.5 Å². The number of hydrazone groups is 1. The molecule has 0 bridgehead atoms. The minimum Gasteiger partial charge on any atom is -0.334 e. The topological polar surface area (TPSA) is 63.3 Å². The number of nitrogens with one attached hydrogen (secondary N) is 1. The molecule has 1 heterocycles. The molecule has 0 unspecified atom stereocenters. The van der Waals surface area contributed by atoms with Crippen molar-refractivity contribution in [1.29, 1.82) is 0 Å². The minimum absolute atomic E-state index is 0.419. The highest BCUT2D eigenvalue weighted by Gasteiger charge is 2.16. The molecular formula is C21H15BrN4O. The van der Waals surface area contributed by atoms with Crippen molar-refractivity contribution in [2.75, 3.05) is 5.43 Å². The van der Waals surface area contributed by atoms with Gasteiger partial charge < -0.3 is 4.52 Å². The second-order valence-corrected chi connectivity index (χ2v) is 6.65. The number of nitrogens with zero attached hydrogens (tertiary/aromatic N) is 3. The Balaban J connectivity index is 1.70. The Morgan fingerprint density at radius 2 is 1.52 bits per heavy atom. The first kappa shape index (κ1) is 17.2. The molecule has 4 aromatic rings. The summed E-state index contributed by atoms with van der Waals surface area (Å²) >= 11 is 3.43. The van der Waals surface area contributed by atoms with Crippen LogP contribution in [0.5, 0.6) is 0 Å². The predicted molar refractivity (Wildman–Crippen MR) is 110 cm³/mol. The van der Waals surface area contributed by atoms with Gasteiger partial charge >= 0.3 is 0 Å². The van der Waals surface area contributed by atoms with Crippen LogP contribution in [0, 0.1) is 0 Å². The number of para-hydroxylation sites is 1. The van der Waals surface area contributed by atoms with Gasteiger partial charge in [0, 0.05) is 15.6 Å². The normalized spacial score (nSPS) is 11.4. The van der Waals surface area contributed by atoms with Gasteiger partial charge in [0.2, 0.25) is 5.82 Å². The van der Waals surface area contributed by atoms with Gasteiger partial charge in [-0.25, -0.2) is 0 Å². The first-order valence-corrected chi connectivity index (χ1v) is 9.13. The lowest BCUT2D eigenvalue weighted by atomic mass is 10.1. The molecule has 0 aliphatic rings. The number of anilines is 1. The molecule has 0 aliphatic heterocycles. The van der Waals surface area contributed by atoms with E-state index in [1.54, 1.807) is 0 Å². The molecule has 1 N–H and O–H groups in total. The smallest absolute Gasteiger partial charge is 0.258 e. The zero-order valence-electron chi connectivity index (χ0n) is 14.2. The summed E-state index contributed by atoms with van der Waals surface area (Å²) in [6.07, 6.45) is 0. The van der Waals surface area contributed by atoms with E-state index in [4.69, 9.17) is 4.52 Å².